The lowest BCUT2D eigenvalue weighted by Crippen LogP contribution is -2.35. The van der Waals surface area contributed by atoms with E-state index < -0.39 is 5.54 Å². The van der Waals surface area contributed by atoms with Gasteiger partial charge in [0.25, 0.3) is 0 Å². The lowest BCUT2D eigenvalue weighted by molar-refractivity contribution is 0.194. The van der Waals surface area contributed by atoms with Crippen LogP contribution in [0.5, 0.6) is 0 Å². The zero-order valence-corrected chi connectivity index (χ0v) is 10.3. The van der Waals surface area contributed by atoms with Gasteiger partial charge >= 0.3 is 0 Å². The molecule has 0 amide bonds. The molecule has 2 N–H and O–H groups in total. The zero-order valence-electron chi connectivity index (χ0n) is 10.3. The van der Waals surface area contributed by atoms with E-state index in [4.69, 9.17) is 15.0 Å². The number of nitrogens with zero attached hydrogens (tertiary/aromatic N) is 2. The second-order valence-electron chi connectivity index (χ2n) is 3.98. The van der Waals surface area contributed by atoms with Crippen molar-refractivity contribution in [3.8, 4) is 0 Å². The largest absolute Gasteiger partial charge is 0.385 e. The third kappa shape index (κ3) is 3.02. The molecule has 0 saturated heterocycles. The molecule has 0 radical (unpaired) electrons. The highest BCUT2D eigenvalue weighted by Crippen LogP contribution is 2.23. The Balaban J connectivity index is 2.63. The molecule has 0 unspecified atom stereocenters. The predicted octanol–water partition coefficient (Wildman–Crippen LogP) is 1.62. The summed E-state index contributed by atoms with van der Waals surface area (Å²) in [6.07, 6.45) is 3.25. The summed E-state index contributed by atoms with van der Waals surface area (Å²) in [4.78, 5) is 4.34. The van der Waals surface area contributed by atoms with Crippen LogP contribution in [0.4, 0.5) is 0 Å². The summed E-state index contributed by atoms with van der Waals surface area (Å²) in [7, 11) is 1.68. The van der Waals surface area contributed by atoms with Gasteiger partial charge in [-0.25, -0.2) is 0 Å². The maximum absolute atomic E-state index is 6.17. The maximum Gasteiger partial charge on any atom is 0.246 e. The molecule has 5 heteroatoms. The minimum absolute atomic E-state index is 0.480. The average molecular weight is 227 g/mol. The van der Waals surface area contributed by atoms with Gasteiger partial charge in [0.2, 0.25) is 5.89 Å². The molecule has 0 aliphatic heterocycles. The highest BCUT2D eigenvalue weighted by molar-refractivity contribution is 5.01. The SMILES string of the molecule is CCC(N)(CC)c1nc(CCCOC)no1. The smallest absolute Gasteiger partial charge is 0.246 e. The molecular formula is C11H21N3O2. The van der Waals surface area contributed by atoms with Gasteiger partial charge in [0.1, 0.15) is 0 Å². The first-order chi connectivity index (χ1) is 7.66. The molecule has 16 heavy (non-hydrogen) atoms. The van der Waals surface area contributed by atoms with Crippen molar-refractivity contribution in [2.24, 2.45) is 5.73 Å². The van der Waals surface area contributed by atoms with E-state index in [0.717, 1.165) is 25.7 Å². The van der Waals surface area contributed by atoms with Gasteiger partial charge in [-0.05, 0) is 19.3 Å². The molecule has 1 aromatic rings. The summed E-state index contributed by atoms with van der Waals surface area (Å²) in [5, 5.41) is 3.93. The lowest BCUT2D eigenvalue weighted by Gasteiger charge is -2.20. The number of rotatable bonds is 7. The topological polar surface area (TPSA) is 74.2 Å². The zero-order chi connectivity index (χ0) is 12.0. The van der Waals surface area contributed by atoms with Crippen LogP contribution in [0.2, 0.25) is 0 Å². The number of nitrogens with two attached hydrogens (primary N) is 1. The van der Waals surface area contributed by atoms with E-state index in [-0.39, 0.29) is 0 Å². The molecule has 0 saturated carbocycles. The second-order valence-corrected chi connectivity index (χ2v) is 3.98. The molecule has 0 bridgehead atoms. The van der Waals surface area contributed by atoms with Gasteiger partial charge < -0.3 is 15.0 Å². The Bertz CT molecular complexity index is 308. The van der Waals surface area contributed by atoms with Crippen LogP contribution >= 0.6 is 0 Å². The fourth-order valence-electron chi connectivity index (χ4n) is 1.48. The Kier molecular flexibility index (Phi) is 4.89. The number of aromatic nitrogens is 2. The van der Waals surface area contributed by atoms with Crippen molar-refractivity contribution in [2.75, 3.05) is 13.7 Å². The summed E-state index contributed by atoms with van der Waals surface area (Å²) in [6, 6.07) is 0. The highest BCUT2D eigenvalue weighted by Gasteiger charge is 2.29. The van der Waals surface area contributed by atoms with Gasteiger partial charge in [-0.1, -0.05) is 19.0 Å². The van der Waals surface area contributed by atoms with Crippen LogP contribution in [0.15, 0.2) is 4.52 Å². The van der Waals surface area contributed by atoms with Crippen LogP contribution < -0.4 is 5.73 Å². The van der Waals surface area contributed by atoms with E-state index in [1.54, 1.807) is 7.11 Å². The van der Waals surface area contributed by atoms with E-state index >= 15 is 0 Å². The molecule has 1 heterocycles. The molecule has 0 aromatic carbocycles. The van der Waals surface area contributed by atoms with E-state index in [1.165, 1.54) is 0 Å². The predicted molar refractivity (Wildman–Crippen MR) is 60.9 cm³/mol. The first-order valence-corrected chi connectivity index (χ1v) is 5.77. The third-order valence-corrected chi connectivity index (χ3v) is 2.90. The minimum Gasteiger partial charge on any atom is -0.385 e. The molecule has 1 aromatic heterocycles. The quantitative estimate of drug-likeness (QED) is 0.716. The van der Waals surface area contributed by atoms with E-state index in [9.17, 15) is 0 Å². The standard InChI is InChI=1S/C11H21N3O2/c1-4-11(12,5-2)10-13-9(14-16-10)7-6-8-15-3/h4-8,12H2,1-3H3. The van der Waals surface area contributed by atoms with Crippen LogP contribution in [-0.4, -0.2) is 23.9 Å². The molecule has 5 nitrogen and oxygen atoms in total. The number of ether oxygens (including phenoxy) is 1. The van der Waals surface area contributed by atoms with Crippen molar-refractivity contribution in [1.29, 1.82) is 0 Å². The van der Waals surface area contributed by atoms with E-state index in [1.807, 2.05) is 13.8 Å². The van der Waals surface area contributed by atoms with Crippen LogP contribution in [0.3, 0.4) is 0 Å². The first-order valence-electron chi connectivity index (χ1n) is 5.77. The van der Waals surface area contributed by atoms with Crippen molar-refractivity contribution in [3.05, 3.63) is 11.7 Å². The second kappa shape index (κ2) is 5.96. The Labute approximate surface area is 96.4 Å². The molecular weight excluding hydrogens is 206 g/mol. The molecule has 0 aliphatic rings. The van der Waals surface area contributed by atoms with Crippen LogP contribution in [0.25, 0.3) is 0 Å². The summed E-state index contributed by atoms with van der Waals surface area (Å²) in [5.74, 6) is 1.26. The number of hydrogen-bond donors (Lipinski definition) is 1. The van der Waals surface area contributed by atoms with E-state index in [2.05, 4.69) is 10.1 Å². The van der Waals surface area contributed by atoms with E-state index in [0.29, 0.717) is 18.3 Å². The molecule has 1 rings (SSSR count). The van der Waals surface area contributed by atoms with Gasteiger partial charge in [-0.3, -0.25) is 0 Å². The molecule has 0 spiro atoms. The Morgan fingerprint density at radius 3 is 2.62 bits per heavy atom. The molecule has 0 atom stereocenters. The summed E-state index contributed by atoms with van der Waals surface area (Å²) in [5.41, 5.74) is 5.69. The van der Waals surface area contributed by atoms with Crippen molar-refractivity contribution >= 4 is 0 Å². The monoisotopic (exact) mass is 227 g/mol. The molecule has 0 aliphatic carbocycles. The highest BCUT2D eigenvalue weighted by atomic mass is 16.5. The van der Waals surface area contributed by atoms with Crippen LogP contribution in [0.1, 0.15) is 44.8 Å². The summed E-state index contributed by atoms with van der Waals surface area (Å²) in [6.45, 7) is 4.76. The molecule has 92 valence electrons. The Morgan fingerprint density at radius 2 is 2.06 bits per heavy atom. The minimum atomic E-state index is -0.480. The maximum atomic E-state index is 6.17. The fraction of sp³-hybridized carbons (Fsp3) is 0.818. The Morgan fingerprint density at radius 1 is 1.38 bits per heavy atom. The average Bonchev–Trinajstić information content (AvgIpc) is 2.78. The van der Waals surface area contributed by atoms with Gasteiger partial charge in [-0.15, -0.1) is 0 Å². The number of aryl methyl sites for hydroxylation is 1. The van der Waals surface area contributed by atoms with Gasteiger partial charge in [0, 0.05) is 20.1 Å². The Hall–Kier alpha value is -0.940. The summed E-state index contributed by atoms with van der Waals surface area (Å²) >= 11 is 0. The van der Waals surface area contributed by atoms with Gasteiger partial charge in [0.05, 0.1) is 5.54 Å². The fourth-order valence-corrected chi connectivity index (χ4v) is 1.48. The lowest BCUT2D eigenvalue weighted by atomic mass is 9.94. The van der Waals surface area contributed by atoms with Crippen molar-refractivity contribution in [1.82, 2.24) is 10.1 Å². The normalized spacial score (nSPS) is 12.0. The first kappa shape index (κ1) is 13.1. The summed E-state index contributed by atoms with van der Waals surface area (Å²) < 4.78 is 10.2. The number of hydrogen-bond acceptors (Lipinski definition) is 5. The van der Waals surface area contributed by atoms with Crippen molar-refractivity contribution < 1.29 is 9.26 Å². The molecule has 0 fully saturated rings. The number of methoxy groups -OCH3 is 1. The van der Waals surface area contributed by atoms with Crippen molar-refractivity contribution in [2.45, 2.75) is 45.1 Å². The van der Waals surface area contributed by atoms with Gasteiger partial charge in [-0.2, -0.15) is 4.98 Å². The third-order valence-electron chi connectivity index (χ3n) is 2.90. The van der Waals surface area contributed by atoms with Gasteiger partial charge in [0.15, 0.2) is 5.82 Å². The van der Waals surface area contributed by atoms with Crippen LogP contribution in [0, 0.1) is 0 Å². The van der Waals surface area contributed by atoms with Crippen LogP contribution in [-0.2, 0) is 16.7 Å². The van der Waals surface area contributed by atoms with Crippen molar-refractivity contribution in [3.63, 3.8) is 0 Å².